The third-order valence-electron chi connectivity index (χ3n) is 0.200. The first-order valence-electron chi connectivity index (χ1n) is 2.63. The molecule has 0 radical (unpaired) electrons. The van der Waals surface area contributed by atoms with Crippen LogP contribution >= 0.6 is 0 Å². The van der Waals surface area contributed by atoms with E-state index in [9.17, 15) is 4.79 Å². The Labute approximate surface area is 62.7 Å². The highest BCUT2D eigenvalue weighted by Gasteiger charge is 1.65. The summed E-state index contributed by atoms with van der Waals surface area (Å²) in [4.78, 5) is 9.44. The largest absolute Gasteiger partial charge is 0.411 e. The monoisotopic (exact) mass is 147 g/mol. The smallest absolute Gasteiger partial charge is 0.126 e. The van der Waals surface area contributed by atoms with Crippen LogP contribution in [0.15, 0.2) is 5.16 Å². The molecule has 0 aromatic heterocycles. The molecule has 3 nitrogen and oxygen atoms in total. The van der Waals surface area contributed by atoms with Crippen molar-refractivity contribution in [2.75, 3.05) is 0 Å². The number of oxime groups is 1. The van der Waals surface area contributed by atoms with Crippen LogP contribution in [0.4, 0.5) is 0 Å². The summed E-state index contributed by atoms with van der Waals surface area (Å²) in [6.07, 6.45) is 0. The van der Waals surface area contributed by atoms with E-state index in [1.807, 2.05) is 0 Å². The van der Waals surface area contributed by atoms with Gasteiger partial charge in [0.25, 0.3) is 0 Å². The van der Waals surface area contributed by atoms with E-state index in [4.69, 9.17) is 5.21 Å². The predicted molar refractivity (Wildman–Crippen MR) is 43.7 cm³/mol. The van der Waals surface area contributed by atoms with Crippen LogP contribution in [0.25, 0.3) is 0 Å². The van der Waals surface area contributed by atoms with Crippen LogP contribution in [-0.2, 0) is 4.79 Å². The summed E-state index contributed by atoms with van der Waals surface area (Å²) in [6.45, 7) is 6.50. The van der Waals surface area contributed by atoms with Gasteiger partial charge in [0, 0.05) is 0 Å². The quantitative estimate of drug-likeness (QED) is 0.324. The summed E-state index contributed by atoms with van der Waals surface area (Å²) >= 11 is 0. The molecule has 0 saturated carbocycles. The summed E-state index contributed by atoms with van der Waals surface area (Å²) in [6, 6.07) is 0. The Morgan fingerprint density at radius 2 is 1.30 bits per heavy atom. The molecule has 0 unspecified atom stereocenters. The first-order chi connectivity index (χ1) is 4.00. The lowest BCUT2D eigenvalue weighted by Crippen LogP contribution is -1.74. The first kappa shape index (κ1) is 16.1. The summed E-state index contributed by atoms with van der Waals surface area (Å²) in [5, 5.41) is 10.5. The highest BCUT2D eigenvalue weighted by Crippen LogP contribution is 1.62. The van der Waals surface area contributed by atoms with Gasteiger partial charge in [-0.1, -0.05) is 12.6 Å². The van der Waals surface area contributed by atoms with E-state index >= 15 is 0 Å². The minimum atomic E-state index is 0. The lowest BCUT2D eigenvalue weighted by molar-refractivity contribution is -0.114. The van der Waals surface area contributed by atoms with E-state index in [1.54, 1.807) is 13.8 Å². The molecule has 0 aliphatic carbocycles. The second-order valence-corrected chi connectivity index (χ2v) is 1.96. The topological polar surface area (TPSA) is 49.7 Å². The molecule has 0 spiro atoms. The zero-order valence-electron chi connectivity index (χ0n) is 6.30. The number of nitrogens with zero attached hydrogens (tertiary/aromatic N) is 1. The normalized spacial score (nSPS) is 6.00. The Bertz CT molecular complexity index is 100. The average Bonchev–Trinajstić information content (AvgIpc) is 1.65. The number of Topliss-reactive ketones (excluding diaryl/α,β-unsaturated/α-hetero) is 1. The maximum atomic E-state index is 9.44. The van der Waals surface area contributed by atoms with Gasteiger partial charge in [0.15, 0.2) is 0 Å². The molecule has 3 heteroatoms. The molecule has 1 N–H and O–H groups in total. The van der Waals surface area contributed by atoms with Gasteiger partial charge in [-0.2, -0.15) is 0 Å². The molecular formula is C7H17NO2. The molecule has 0 aliphatic rings. The van der Waals surface area contributed by atoms with E-state index in [0.29, 0.717) is 5.71 Å². The fraction of sp³-hybridized carbons (Fsp3) is 0.714. The molecule has 0 aromatic carbocycles. The minimum absolute atomic E-state index is 0. The SMILES string of the molecule is C.CC(C)=NO.CC(C)=O. The van der Waals surface area contributed by atoms with E-state index < -0.39 is 0 Å². The third kappa shape index (κ3) is 207. The van der Waals surface area contributed by atoms with E-state index in [1.165, 1.54) is 13.8 Å². The van der Waals surface area contributed by atoms with E-state index in [0.717, 1.165) is 0 Å². The molecular weight excluding hydrogens is 130 g/mol. The Kier molecular flexibility index (Phi) is 17.7. The van der Waals surface area contributed by atoms with Gasteiger partial charge in [-0.15, -0.1) is 0 Å². The maximum absolute atomic E-state index is 9.44. The van der Waals surface area contributed by atoms with Gasteiger partial charge in [0.05, 0.1) is 5.71 Å². The molecule has 62 valence electrons. The van der Waals surface area contributed by atoms with Crippen LogP contribution in [0.2, 0.25) is 0 Å². The minimum Gasteiger partial charge on any atom is -0.411 e. The molecule has 0 fully saturated rings. The van der Waals surface area contributed by atoms with Crippen molar-refractivity contribution in [3.05, 3.63) is 0 Å². The summed E-state index contributed by atoms with van der Waals surface area (Å²) < 4.78 is 0. The van der Waals surface area contributed by atoms with Gasteiger partial charge < -0.3 is 10.0 Å². The van der Waals surface area contributed by atoms with Gasteiger partial charge in [0.1, 0.15) is 5.78 Å². The van der Waals surface area contributed by atoms with Gasteiger partial charge in [-0.3, -0.25) is 0 Å². The fourth-order valence-corrected chi connectivity index (χ4v) is 0. The molecule has 0 atom stereocenters. The van der Waals surface area contributed by atoms with Crippen molar-refractivity contribution in [2.45, 2.75) is 35.1 Å². The zero-order chi connectivity index (χ0) is 7.86. The molecule has 0 rings (SSSR count). The number of hydrogen-bond acceptors (Lipinski definition) is 3. The molecule has 0 aliphatic heterocycles. The van der Waals surface area contributed by atoms with Crippen LogP contribution in [0.5, 0.6) is 0 Å². The van der Waals surface area contributed by atoms with Crippen LogP contribution in [0, 0.1) is 0 Å². The Morgan fingerprint density at radius 1 is 1.20 bits per heavy atom. The van der Waals surface area contributed by atoms with Crippen molar-refractivity contribution in [1.82, 2.24) is 0 Å². The highest BCUT2D eigenvalue weighted by molar-refractivity contribution is 5.78. The van der Waals surface area contributed by atoms with Gasteiger partial charge in [0.2, 0.25) is 0 Å². The second kappa shape index (κ2) is 11.0. The van der Waals surface area contributed by atoms with Crippen molar-refractivity contribution in [2.24, 2.45) is 5.16 Å². The van der Waals surface area contributed by atoms with Crippen LogP contribution in [-0.4, -0.2) is 16.7 Å². The predicted octanol–water partition coefficient (Wildman–Crippen LogP) is 2.09. The molecule has 0 saturated heterocycles. The molecule has 0 heterocycles. The van der Waals surface area contributed by atoms with Crippen LogP contribution < -0.4 is 0 Å². The standard InChI is InChI=1S/C3H7NO.C3H6O.CH4/c1-3(2)4-5;1-3(2)4;/h5H,1-2H3;1-2H3;1H4. The number of hydrogen-bond donors (Lipinski definition) is 1. The lowest BCUT2D eigenvalue weighted by Gasteiger charge is -1.72. The van der Waals surface area contributed by atoms with Gasteiger partial charge >= 0.3 is 0 Å². The van der Waals surface area contributed by atoms with Crippen molar-refractivity contribution >= 4 is 11.5 Å². The third-order valence-corrected chi connectivity index (χ3v) is 0.200. The van der Waals surface area contributed by atoms with Crippen molar-refractivity contribution in [1.29, 1.82) is 0 Å². The fourth-order valence-electron chi connectivity index (χ4n) is 0. The van der Waals surface area contributed by atoms with Crippen LogP contribution in [0.1, 0.15) is 35.1 Å². The number of carbonyl (C=O) groups excluding carboxylic acids is 1. The van der Waals surface area contributed by atoms with Crippen molar-refractivity contribution in [3.8, 4) is 0 Å². The zero-order valence-corrected chi connectivity index (χ0v) is 6.30. The van der Waals surface area contributed by atoms with E-state index in [-0.39, 0.29) is 13.2 Å². The van der Waals surface area contributed by atoms with E-state index in [2.05, 4.69) is 5.16 Å². The van der Waals surface area contributed by atoms with Crippen molar-refractivity contribution < 1.29 is 10.0 Å². The number of carbonyl (C=O) groups is 1. The maximum Gasteiger partial charge on any atom is 0.126 e. The lowest BCUT2D eigenvalue weighted by atomic mass is 10.5. The van der Waals surface area contributed by atoms with Gasteiger partial charge in [-0.05, 0) is 27.7 Å². The Hall–Kier alpha value is -0.860. The molecule has 10 heavy (non-hydrogen) atoms. The molecule has 0 amide bonds. The Balaban J connectivity index is -0.0000000910. The highest BCUT2D eigenvalue weighted by atomic mass is 16.4. The van der Waals surface area contributed by atoms with Crippen molar-refractivity contribution in [3.63, 3.8) is 0 Å². The molecule has 0 bridgehead atoms. The number of rotatable bonds is 0. The van der Waals surface area contributed by atoms with Gasteiger partial charge in [-0.25, -0.2) is 0 Å². The second-order valence-electron chi connectivity index (χ2n) is 1.96. The summed E-state index contributed by atoms with van der Waals surface area (Å²) in [5.41, 5.74) is 0.685. The first-order valence-corrected chi connectivity index (χ1v) is 2.63. The number of ketones is 1. The summed E-state index contributed by atoms with van der Waals surface area (Å²) in [5.74, 6) is 0.167. The average molecular weight is 147 g/mol. The Morgan fingerprint density at radius 3 is 1.30 bits per heavy atom. The summed E-state index contributed by atoms with van der Waals surface area (Å²) in [7, 11) is 0. The van der Waals surface area contributed by atoms with Crippen LogP contribution in [0.3, 0.4) is 0 Å². The molecule has 0 aromatic rings.